The van der Waals surface area contributed by atoms with E-state index in [0.29, 0.717) is 6.54 Å². The molecule has 2 aromatic rings. The highest BCUT2D eigenvalue weighted by Crippen LogP contribution is 2.24. The van der Waals surface area contributed by atoms with Crippen LogP contribution in [0.3, 0.4) is 0 Å². The lowest BCUT2D eigenvalue weighted by Gasteiger charge is -2.11. The number of halogens is 1. The summed E-state index contributed by atoms with van der Waals surface area (Å²) in [5, 5.41) is 2.65. The summed E-state index contributed by atoms with van der Waals surface area (Å²) >= 11 is 0. The quantitative estimate of drug-likeness (QED) is 0.398. The predicted octanol–water partition coefficient (Wildman–Crippen LogP) is 7.18. The molecular formula is C23H36ClN. The average molecular weight is 362 g/mol. The molecule has 2 aromatic carbocycles. The summed E-state index contributed by atoms with van der Waals surface area (Å²) < 4.78 is 0. The number of benzene rings is 2. The van der Waals surface area contributed by atoms with Crippen LogP contribution in [0.15, 0.2) is 36.4 Å². The molecule has 0 aliphatic carbocycles. The smallest absolute Gasteiger partial charge is 0.0187 e. The zero-order valence-corrected chi connectivity index (χ0v) is 16.8. The molecule has 2 rings (SSSR count). The van der Waals surface area contributed by atoms with Gasteiger partial charge in [-0.3, -0.25) is 0 Å². The molecule has 0 heterocycles. The number of nitrogens with two attached hydrogens (primary N) is 1. The summed E-state index contributed by atoms with van der Waals surface area (Å²) in [5.41, 5.74) is 8.84. The summed E-state index contributed by atoms with van der Waals surface area (Å²) in [7, 11) is 0. The Morgan fingerprint density at radius 2 is 1.32 bits per heavy atom. The maximum Gasteiger partial charge on any atom is 0.0187 e. The van der Waals surface area contributed by atoms with Crippen molar-refractivity contribution in [3.8, 4) is 0 Å². The van der Waals surface area contributed by atoms with Gasteiger partial charge in [0.15, 0.2) is 0 Å². The van der Waals surface area contributed by atoms with E-state index in [1.54, 1.807) is 0 Å². The molecule has 0 aliphatic rings. The monoisotopic (exact) mass is 361 g/mol. The summed E-state index contributed by atoms with van der Waals surface area (Å²) in [6, 6.07) is 13.1. The zero-order chi connectivity index (χ0) is 17.0. The molecule has 0 aliphatic heterocycles. The molecule has 0 bridgehead atoms. The first-order valence-electron chi connectivity index (χ1n) is 10.1. The van der Waals surface area contributed by atoms with Crippen molar-refractivity contribution >= 4 is 23.2 Å². The summed E-state index contributed by atoms with van der Waals surface area (Å²) in [4.78, 5) is 0. The van der Waals surface area contributed by atoms with E-state index < -0.39 is 0 Å². The summed E-state index contributed by atoms with van der Waals surface area (Å²) in [6.45, 7) is 2.93. The van der Waals surface area contributed by atoms with Crippen molar-refractivity contribution in [2.45, 2.75) is 84.1 Å². The number of hydrogen-bond acceptors (Lipinski definition) is 1. The summed E-state index contributed by atoms with van der Waals surface area (Å²) in [6.07, 6.45) is 15.1. The topological polar surface area (TPSA) is 26.0 Å². The SMILES string of the molecule is CCCCCCCCCCCCc1ccc2ccccc2c1CN.Cl. The van der Waals surface area contributed by atoms with Gasteiger partial charge in [0.1, 0.15) is 0 Å². The van der Waals surface area contributed by atoms with Gasteiger partial charge in [0.25, 0.3) is 0 Å². The molecule has 0 spiro atoms. The molecule has 140 valence electrons. The van der Waals surface area contributed by atoms with Crippen LogP contribution in [0.1, 0.15) is 82.3 Å². The predicted molar refractivity (Wildman–Crippen MR) is 115 cm³/mol. The summed E-state index contributed by atoms with van der Waals surface area (Å²) in [5.74, 6) is 0. The number of fused-ring (bicyclic) bond motifs is 1. The standard InChI is InChI=1S/C23H35N.ClH/c1-2-3-4-5-6-7-8-9-10-11-14-21-18-17-20-15-12-13-16-22(20)23(21)19-24;/h12-13,15-18H,2-11,14,19,24H2,1H3;1H. The highest BCUT2D eigenvalue weighted by molar-refractivity contribution is 5.86. The first-order chi connectivity index (χ1) is 11.9. The van der Waals surface area contributed by atoms with Crippen LogP contribution in [0.2, 0.25) is 0 Å². The minimum absolute atomic E-state index is 0. The molecule has 1 nitrogen and oxygen atoms in total. The lowest BCUT2D eigenvalue weighted by Crippen LogP contribution is -2.03. The Bertz CT molecular complexity index is 594. The highest BCUT2D eigenvalue weighted by Gasteiger charge is 2.05. The first-order valence-corrected chi connectivity index (χ1v) is 10.1. The third kappa shape index (κ3) is 7.38. The highest BCUT2D eigenvalue weighted by atomic mass is 35.5. The van der Waals surface area contributed by atoms with Gasteiger partial charge >= 0.3 is 0 Å². The van der Waals surface area contributed by atoms with E-state index in [1.807, 2.05) is 0 Å². The van der Waals surface area contributed by atoms with Crippen molar-refractivity contribution in [3.63, 3.8) is 0 Å². The van der Waals surface area contributed by atoms with Gasteiger partial charge in [-0.2, -0.15) is 0 Å². The van der Waals surface area contributed by atoms with Crippen LogP contribution in [0.4, 0.5) is 0 Å². The van der Waals surface area contributed by atoms with E-state index >= 15 is 0 Å². The van der Waals surface area contributed by atoms with Crippen molar-refractivity contribution in [3.05, 3.63) is 47.5 Å². The van der Waals surface area contributed by atoms with Gasteiger partial charge in [0, 0.05) is 6.54 Å². The molecule has 0 atom stereocenters. The Hall–Kier alpha value is -1.05. The second-order valence-corrected chi connectivity index (χ2v) is 7.06. The maximum atomic E-state index is 6.04. The molecule has 0 fully saturated rings. The van der Waals surface area contributed by atoms with Crippen LogP contribution in [-0.4, -0.2) is 0 Å². The van der Waals surface area contributed by atoms with Gasteiger partial charge in [-0.15, -0.1) is 12.4 Å². The lowest BCUT2D eigenvalue weighted by atomic mass is 9.95. The molecule has 0 amide bonds. The number of unbranched alkanes of at least 4 members (excludes halogenated alkanes) is 9. The Morgan fingerprint density at radius 1 is 0.720 bits per heavy atom. The van der Waals surface area contributed by atoms with E-state index in [9.17, 15) is 0 Å². The Morgan fingerprint density at radius 3 is 1.96 bits per heavy atom. The number of hydrogen-bond donors (Lipinski definition) is 1. The van der Waals surface area contributed by atoms with Gasteiger partial charge in [0.2, 0.25) is 0 Å². The average Bonchev–Trinajstić information content (AvgIpc) is 2.62. The second kappa shape index (κ2) is 13.2. The van der Waals surface area contributed by atoms with Crippen molar-refractivity contribution in [2.75, 3.05) is 0 Å². The van der Waals surface area contributed by atoms with Crippen LogP contribution in [0.25, 0.3) is 10.8 Å². The molecule has 25 heavy (non-hydrogen) atoms. The largest absolute Gasteiger partial charge is 0.326 e. The van der Waals surface area contributed by atoms with E-state index in [2.05, 4.69) is 43.3 Å². The van der Waals surface area contributed by atoms with Crippen molar-refractivity contribution < 1.29 is 0 Å². The third-order valence-electron chi connectivity index (χ3n) is 5.14. The van der Waals surface area contributed by atoms with Crippen molar-refractivity contribution in [1.29, 1.82) is 0 Å². The minimum atomic E-state index is 0. The molecule has 0 unspecified atom stereocenters. The fourth-order valence-electron chi connectivity index (χ4n) is 3.66. The zero-order valence-electron chi connectivity index (χ0n) is 15.9. The van der Waals surface area contributed by atoms with Crippen LogP contribution in [0.5, 0.6) is 0 Å². The van der Waals surface area contributed by atoms with Gasteiger partial charge in [-0.25, -0.2) is 0 Å². The fourth-order valence-corrected chi connectivity index (χ4v) is 3.66. The number of aryl methyl sites for hydroxylation is 1. The minimum Gasteiger partial charge on any atom is -0.326 e. The van der Waals surface area contributed by atoms with E-state index in [-0.39, 0.29) is 12.4 Å². The van der Waals surface area contributed by atoms with Crippen LogP contribution in [-0.2, 0) is 13.0 Å². The van der Waals surface area contributed by atoms with Crippen molar-refractivity contribution in [2.24, 2.45) is 5.73 Å². The van der Waals surface area contributed by atoms with Crippen LogP contribution < -0.4 is 5.73 Å². The molecule has 2 heteroatoms. The molecule has 0 aromatic heterocycles. The van der Waals surface area contributed by atoms with Crippen LogP contribution in [0, 0.1) is 0 Å². The Kier molecular flexibility index (Phi) is 11.6. The van der Waals surface area contributed by atoms with Gasteiger partial charge < -0.3 is 5.73 Å². The third-order valence-corrected chi connectivity index (χ3v) is 5.14. The Balaban J connectivity index is 0.00000312. The van der Waals surface area contributed by atoms with Crippen LogP contribution >= 0.6 is 12.4 Å². The number of rotatable bonds is 12. The van der Waals surface area contributed by atoms with Gasteiger partial charge in [-0.1, -0.05) is 101 Å². The van der Waals surface area contributed by atoms with Gasteiger partial charge in [-0.05, 0) is 34.7 Å². The molecule has 0 radical (unpaired) electrons. The van der Waals surface area contributed by atoms with Gasteiger partial charge in [0.05, 0.1) is 0 Å². The van der Waals surface area contributed by atoms with E-state index in [4.69, 9.17) is 5.73 Å². The Labute approximate surface area is 160 Å². The lowest BCUT2D eigenvalue weighted by molar-refractivity contribution is 0.556. The molecule has 2 N–H and O–H groups in total. The first kappa shape index (κ1) is 22.0. The fraction of sp³-hybridized carbons (Fsp3) is 0.565. The molecule has 0 saturated carbocycles. The van der Waals surface area contributed by atoms with Crippen molar-refractivity contribution in [1.82, 2.24) is 0 Å². The van der Waals surface area contributed by atoms with E-state index in [1.165, 1.54) is 92.5 Å². The second-order valence-electron chi connectivity index (χ2n) is 7.06. The van der Waals surface area contributed by atoms with E-state index in [0.717, 1.165) is 0 Å². The maximum absolute atomic E-state index is 6.04. The normalized spacial score (nSPS) is 10.8. The molecular weight excluding hydrogens is 326 g/mol. The molecule has 0 saturated heterocycles.